The second-order valence-corrected chi connectivity index (χ2v) is 7.80. The summed E-state index contributed by atoms with van der Waals surface area (Å²) in [5, 5.41) is 6.49. The van der Waals surface area contributed by atoms with Crippen LogP contribution in [0.5, 0.6) is 11.5 Å². The van der Waals surface area contributed by atoms with E-state index in [-0.39, 0.29) is 18.4 Å². The van der Waals surface area contributed by atoms with Gasteiger partial charge < -0.3 is 24.2 Å². The van der Waals surface area contributed by atoms with Crippen LogP contribution < -0.4 is 14.8 Å². The Labute approximate surface area is 188 Å². The maximum absolute atomic E-state index is 13.0. The van der Waals surface area contributed by atoms with E-state index in [9.17, 15) is 9.59 Å². The zero-order chi connectivity index (χ0) is 22.9. The molecule has 1 aromatic heterocycles. The first-order valence-corrected chi connectivity index (χ1v) is 11.1. The van der Waals surface area contributed by atoms with Crippen LogP contribution in [-0.2, 0) is 4.79 Å². The predicted molar refractivity (Wildman–Crippen MR) is 120 cm³/mol. The predicted octanol–water partition coefficient (Wildman–Crippen LogP) is 2.96. The first-order chi connectivity index (χ1) is 15.5. The Morgan fingerprint density at radius 1 is 1.03 bits per heavy atom. The summed E-state index contributed by atoms with van der Waals surface area (Å²) in [5.74, 6) is 2.11. The van der Waals surface area contributed by atoms with Crippen molar-refractivity contribution in [2.45, 2.75) is 33.6 Å². The lowest BCUT2D eigenvalue weighted by molar-refractivity contribution is -0.117. The summed E-state index contributed by atoms with van der Waals surface area (Å²) in [4.78, 5) is 29.1. The second-order valence-electron chi connectivity index (χ2n) is 7.80. The average Bonchev–Trinajstić information content (AvgIpc) is 3.20. The molecule has 1 saturated heterocycles. The van der Waals surface area contributed by atoms with Crippen molar-refractivity contribution in [1.29, 1.82) is 0 Å². The molecule has 0 radical (unpaired) electrons. The quantitative estimate of drug-likeness (QED) is 0.602. The number of ether oxygens (including phenoxy) is 2. The number of piperazine rings is 1. The van der Waals surface area contributed by atoms with Gasteiger partial charge in [0.1, 0.15) is 5.76 Å². The van der Waals surface area contributed by atoms with Gasteiger partial charge in [-0.05, 0) is 38.0 Å². The van der Waals surface area contributed by atoms with Crippen LogP contribution in [0.2, 0.25) is 0 Å². The van der Waals surface area contributed by atoms with Crippen molar-refractivity contribution in [2.75, 3.05) is 51.3 Å². The molecule has 2 amide bonds. The number of carbonyl (C=O) groups is 2. The van der Waals surface area contributed by atoms with E-state index in [1.54, 1.807) is 36.1 Å². The lowest BCUT2D eigenvalue weighted by Gasteiger charge is -2.34. The van der Waals surface area contributed by atoms with Crippen molar-refractivity contribution in [1.82, 2.24) is 15.0 Å². The van der Waals surface area contributed by atoms with Crippen molar-refractivity contribution in [3.63, 3.8) is 0 Å². The minimum atomic E-state index is -0.154. The summed E-state index contributed by atoms with van der Waals surface area (Å²) >= 11 is 0. The van der Waals surface area contributed by atoms with E-state index in [0.717, 1.165) is 12.8 Å². The number of anilines is 1. The lowest BCUT2D eigenvalue weighted by Crippen LogP contribution is -2.50. The summed E-state index contributed by atoms with van der Waals surface area (Å²) in [6.45, 7) is 9.59. The summed E-state index contributed by atoms with van der Waals surface area (Å²) in [6.07, 6.45) is 1.77. The van der Waals surface area contributed by atoms with E-state index >= 15 is 0 Å². The molecule has 9 heteroatoms. The maximum atomic E-state index is 13.0. The molecule has 1 N–H and O–H groups in total. The number of amides is 2. The lowest BCUT2D eigenvalue weighted by atomic mass is 10.1. The summed E-state index contributed by atoms with van der Waals surface area (Å²) in [7, 11) is 0. The standard InChI is InChI=1S/C23H32N4O5/c1-4-12-30-19-7-6-18(15-20(19)31-13-5-2)23(29)27-10-8-26(9-11-27)16-22(28)24-21-14-17(3)32-25-21/h6-7,14-15H,4-5,8-13,16H2,1-3H3,(H,24,25,28). The van der Waals surface area contributed by atoms with Gasteiger partial charge >= 0.3 is 0 Å². The SMILES string of the molecule is CCCOc1ccc(C(=O)N2CCN(CC(=O)Nc3cc(C)on3)CC2)cc1OCCC. The molecule has 2 heterocycles. The number of aromatic nitrogens is 1. The van der Waals surface area contributed by atoms with Crippen LogP contribution in [0.3, 0.4) is 0 Å². The van der Waals surface area contributed by atoms with Crippen LogP contribution in [0.15, 0.2) is 28.8 Å². The van der Waals surface area contributed by atoms with E-state index in [2.05, 4.69) is 10.5 Å². The summed E-state index contributed by atoms with van der Waals surface area (Å²) in [6, 6.07) is 7.03. The van der Waals surface area contributed by atoms with Gasteiger partial charge in [-0.25, -0.2) is 0 Å². The number of aryl methyl sites for hydroxylation is 1. The number of nitrogens with zero attached hydrogens (tertiary/aromatic N) is 3. The molecular weight excluding hydrogens is 412 g/mol. The highest BCUT2D eigenvalue weighted by Gasteiger charge is 2.24. The van der Waals surface area contributed by atoms with E-state index < -0.39 is 0 Å². The number of benzene rings is 1. The molecule has 0 spiro atoms. The van der Waals surface area contributed by atoms with Crippen molar-refractivity contribution in [2.24, 2.45) is 0 Å². The third-order valence-corrected chi connectivity index (χ3v) is 5.04. The van der Waals surface area contributed by atoms with Crippen molar-refractivity contribution < 1.29 is 23.6 Å². The van der Waals surface area contributed by atoms with Gasteiger partial charge in [-0.3, -0.25) is 14.5 Å². The van der Waals surface area contributed by atoms with E-state index in [0.29, 0.717) is 68.0 Å². The second kappa shape index (κ2) is 11.5. The van der Waals surface area contributed by atoms with E-state index in [4.69, 9.17) is 14.0 Å². The maximum Gasteiger partial charge on any atom is 0.254 e. The summed E-state index contributed by atoms with van der Waals surface area (Å²) < 4.78 is 16.5. The molecule has 1 fully saturated rings. The Bertz CT molecular complexity index is 906. The molecule has 1 aliphatic rings. The molecule has 0 aliphatic carbocycles. The first kappa shape index (κ1) is 23.6. The highest BCUT2D eigenvalue weighted by Crippen LogP contribution is 2.29. The van der Waals surface area contributed by atoms with Gasteiger partial charge in [0.05, 0.1) is 19.8 Å². The summed E-state index contributed by atoms with van der Waals surface area (Å²) in [5.41, 5.74) is 0.576. The molecule has 174 valence electrons. The number of hydrogen-bond acceptors (Lipinski definition) is 7. The highest BCUT2D eigenvalue weighted by molar-refractivity contribution is 5.95. The third kappa shape index (κ3) is 6.46. The molecule has 0 atom stereocenters. The molecule has 0 unspecified atom stereocenters. The smallest absolute Gasteiger partial charge is 0.254 e. The Hall–Kier alpha value is -3.07. The number of nitrogens with one attached hydrogen (secondary N) is 1. The minimum absolute atomic E-state index is 0.0458. The van der Waals surface area contributed by atoms with Crippen molar-refractivity contribution in [3.05, 3.63) is 35.6 Å². The number of carbonyl (C=O) groups excluding carboxylic acids is 2. The van der Waals surface area contributed by atoms with Crippen LogP contribution in [0.1, 0.15) is 42.8 Å². The fraction of sp³-hybridized carbons (Fsp3) is 0.522. The van der Waals surface area contributed by atoms with Gasteiger partial charge in [0, 0.05) is 37.8 Å². The molecule has 9 nitrogen and oxygen atoms in total. The molecule has 0 saturated carbocycles. The zero-order valence-electron chi connectivity index (χ0n) is 19.1. The molecule has 1 aliphatic heterocycles. The molecule has 1 aromatic carbocycles. The van der Waals surface area contributed by atoms with Crippen LogP contribution in [0.25, 0.3) is 0 Å². The molecule has 3 rings (SSSR count). The minimum Gasteiger partial charge on any atom is -0.490 e. The third-order valence-electron chi connectivity index (χ3n) is 5.04. The van der Waals surface area contributed by atoms with Crippen LogP contribution in [0, 0.1) is 6.92 Å². The Morgan fingerprint density at radius 3 is 2.34 bits per heavy atom. The molecular formula is C23H32N4O5. The Kier molecular flexibility index (Phi) is 8.49. The fourth-order valence-electron chi connectivity index (χ4n) is 3.40. The fourth-order valence-corrected chi connectivity index (χ4v) is 3.40. The van der Waals surface area contributed by atoms with E-state index in [1.165, 1.54) is 0 Å². The average molecular weight is 445 g/mol. The van der Waals surface area contributed by atoms with Gasteiger partial charge in [-0.15, -0.1) is 0 Å². The van der Waals surface area contributed by atoms with Crippen LogP contribution in [-0.4, -0.2) is 72.7 Å². The van der Waals surface area contributed by atoms with E-state index in [1.807, 2.05) is 18.7 Å². The molecule has 32 heavy (non-hydrogen) atoms. The number of rotatable bonds is 10. The van der Waals surface area contributed by atoms with Gasteiger partial charge in [0.15, 0.2) is 17.3 Å². The van der Waals surface area contributed by atoms with Gasteiger partial charge in [-0.1, -0.05) is 19.0 Å². The largest absolute Gasteiger partial charge is 0.490 e. The monoisotopic (exact) mass is 444 g/mol. The van der Waals surface area contributed by atoms with Crippen LogP contribution >= 0.6 is 0 Å². The topological polar surface area (TPSA) is 97.1 Å². The first-order valence-electron chi connectivity index (χ1n) is 11.1. The Balaban J connectivity index is 1.54. The molecule has 2 aromatic rings. The van der Waals surface area contributed by atoms with Gasteiger partial charge in [0.25, 0.3) is 5.91 Å². The normalized spacial score (nSPS) is 14.3. The molecule has 0 bridgehead atoms. The van der Waals surface area contributed by atoms with Crippen LogP contribution in [0.4, 0.5) is 5.82 Å². The zero-order valence-corrected chi connectivity index (χ0v) is 19.1. The number of hydrogen-bond donors (Lipinski definition) is 1. The highest BCUT2D eigenvalue weighted by atomic mass is 16.5. The Morgan fingerprint density at radius 2 is 1.72 bits per heavy atom. The van der Waals surface area contributed by atoms with Gasteiger partial charge in [0.2, 0.25) is 5.91 Å². The van der Waals surface area contributed by atoms with Gasteiger partial charge in [-0.2, -0.15) is 0 Å². The van der Waals surface area contributed by atoms with Crippen molar-refractivity contribution >= 4 is 17.6 Å². The van der Waals surface area contributed by atoms with Crippen molar-refractivity contribution in [3.8, 4) is 11.5 Å².